The number of esters is 1. The number of hydrogen-bond acceptors (Lipinski definition) is 5. The van der Waals surface area contributed by atoms with E-state index in [1.807, 2.05) is 0 Å². The molecule has 1 aromatic carbocycles. The molecule has 1 atom stereocenters. The fraction of sp³-hybridized carbons (Fsp3) is 0.708. The summed E-state index contributed by atoms with van der Waals surface area (Å²) in [7, 11) is 0. The van der Waals surface area contributed by atoms with Gasteiger partial charge >= 0.3 is 5.97 Å². The summed E-state index contributed by atoms with van der Waals surface area (Å²) in [4.78, 5) is 12.0. The van der Waals surface area contributed by atoms with Crippen molar-refractivity contribution in [2.75, 3.05) is 13.2 Å². The van der Waals surface area contributed by atoms with Crippen LogP contribution in [0.3, 0.4) is 0 Å². The van der Waals surface area contributed by atoms with Gasteiger partial charge in [0, 0.05) is 36.5 Å². The Balaban J connectivity index is 2.04. The van der Waals surface area contributed by atoms with Crippen molar-refractivity contribution < 1.29 is 23.7 Å². The molecular formula is C24H36O5. The SMILES string of the molecule is CC(=O)Oc1c(C(C)(C)C)cc2c(c1C(C)(C)C)CC(C)(CCC1OCCO1)O2. The molecule has 162 valence electrons. The second-order valence-corrected chi connectivity index (χ2v) is 10.6. The Bertz CT molecular complexity index is 778. The largest absolute Gasteiger partial charge is 0.487 e. The summed E-state index contributed by atoms with van der Waals surface area (Å²) in [5.41, 5.74) is 2.52. The maximum atomic E-state index is 12.0. The summed E-state index contributed by atoms with van der Waals surface area (Å²) in [5, 5.41) is 0. The van der Waals surface area contributed by atoms with Crippen LogP contribution in [0, 0.1) is 0 Å². The van der Waals surface area contributed by atoms with E-state index < -0.39 is 0 Å². The molecule has 0 saturated carbocycles. The average Bonchev–Trinajstić information content (AvgIpc) is 3.16. The first-order valence-corrected chi connectivity index (χ1v) is 10.6. The van der Waals surface area contributed by atoms with E-state index in [2.05, 4.69) is 54.5 Å². The molecule has 0 aliphatic carbocycles. The quantitative estimate of drug-likeness (QED) is 0.519. The van der Waals surface area contributed by atoms with Gasteiger partial charge in [-0.05, 0) is 30.2 Å². The summed E-state index contributed by atoms with van der Waals surface area (Å²) in [6, 6.07) is 2.08. The number of carbonyl (C=O) groups is 1. The van der Waals surface area contributed by atoms with Crippen molar-refractivity contribution in [1.29, 1.82) is 0 Å². The summed E-state index contributed by atoms with van der Waals surface area (Å²) < 4.78 is 23.6. The van der Waals surface area contributed by atoms with Crippen LogP contribution in [0.25, 0.3) is 0 Å². The zero-order chi connectivity index (χ0) is 21.6. The van der Waals surface area contributed by atoms with Crippen LogP contribution >= 0.6 is 0 Å². The van der Waals surface area contributed by atoms with Crippen LogP contribution in [-0.4, -0.2) is 31.1 Å². The number of fused-ring (bicyclic) bond motifs is 1. The molecule has 1 fully saturated rings. The molecule has 2 aliphatic heterocycles. The summed E-state index contributed by atoms with van der Waals surface area (Å²) >= 11 is 0. The highest BCUT2D eigenvalue weighted by atomic mass is 16.7. The Morgan fingerprint density at radius 1 is 1.14 bits per heavy atom. The molecule has 3 rings (SSSR count). The van der Waals surface area contributed by atoms with Crippen LogP contribution in [0.5, 0.6) is 11.5 Å². The molecule has 1 unspecified atom stereocenters. The number of ether oxygens (including phenoxy) is 4. The molecule has 0 bridgehead atoms. The van der Waals surface area contributed by atoms with E-state index in [1.54, 1.807) is 0 Å². The highest BCUT2D eigenvalue weighted by Crippen LogP contribution is 2.50. The lowest BCUT2D eigenvalue weighted by Gasteiger charge is -2.30. The van der Waals surface area contributed by atoms with E-state index in [1.165, 1.54) is 6.92 Å². The van der Waals surface area contributed by atoms with E-state index in [4.69, 9.17) is 18.9 Å². The number of rotatable bonds is 4. The van der Waals surface area contributed by atoms with Gasteiger partial charge in [0.1, 0.15) is 17.1 Å². The predicted molar refractivity (Wildman–Crippen MR) is 113 cm³/mol. The molecule has 0 spiro atoms. The molecule has 0 aromatic heterocycles. The van der Waals surface area contributed by atoms with Crippen LogP contribution in [0.4, 0.5) is 0 Å². The minimum atomic E-state index is -0.332. The van der Waals surface area contributed by atoms with E-state index in [0.717, 1.165) is 41.7 Å². The third-order valence-electron chi connectivity index (χ3n) is 5.66. The summed E-state index contributed by atoms with van der Waals surface area (Å²) in [6.07, 6.45) is 2.28. The monoisotopic (exact) mass is 404 g/mol. The highest BCUT2D eigenvalue weighted by molar-refractivity contribution is 5.72. The van der Waals surface area contributed by atoms with Crippen LogP contribution < -0.4 is 9.47 Å². The lowest BCUT2D eigenvalue weighted by molar-refractivity contribution is -0.132. The zero-order valence-corrected chi connectivity index (χ0v) is 19.2. The first-order chi connectivity index (χ1) is 13.3. The maximum absolute atomic E-state index is 12.0. The average molecular weight is 405 g/mol. The standard InChI is InChI=1S/C24H36O5/c1-15(25)28-21-17(22(2,3)4)13-18-16(20(21)23(5,6)7)14-24(8,29-18)10-9-19-26-11-12-27-19/h13,19H,9-12,14H2,1-8H3. The second kappa shape index (κ2) is 7.59. The third-order valence-corrected chi connectivity index (χ3v) is 5.66. The normalized spacial score (nSPS) is 22.5. The van der Waals surface area contributed by atoms with Crippen molar-refractivity contribution in [3.05, 3.63) is 22.8 Å². The zero-order valence-electron chi connectivity index (χ0n) is 19.2. The number of hydrogen-bond donors (Lipinski definition) is 0. The van der Waals surface area contributed by atoms with Gasteiger partial charge < -0.3 is 18.9 Å². The van der Waals surface area contributed by atoms with E-state index in [9.17, 15) is 4.79 Å². The molecule has 2 aliphatic rings. The molecule has 29 heavy (non-hydrogen) atoms. The van der Waals surface area contributed by atoms with Crippen LogP contribution in [0.2, 0.25) is 0 Å². The molecular weight excluding hydrogens is 368 g/mol. The predicted octanol–water partition coefficient (Wildman–Crippen LogP) is 5.05. The van der Waals surface area contributed by atoms with Gasteiger partial charge in [0.05, 0.1) is 13.2 Å². The molecule has 0 amide bonds. The van der Waals surface area contributed by atoms with Crippen molar-refractivity contribution >= 4 is 5.97 Å². The maximum Gasteiger partial charge on any atom is 0.308 e. The van der Waals surface area contributed by atoms with Crippen LogP contribution in [-0.2, 0) is 31.5 Å². The smallest absolute Gasteiger partial charge is 0.308 e. The minimum Gasteiger partial charge on any atom is -0.487 e. The third kappa shape index (κ3) is 4.77. The van der Waals surface area contributed by atoms with Gasteiger partial charge in [-0.2, -0.15) is 0 Å². The van der Waals surface area contributed by atoms with Gasteiger partial charge in [0.2, 0.25) is 0 Å². The van der Waals surface area contributed by atoms with E-state index >= 15 is 0 Å². The first kappa shape index (κ1) is 22.1. The fourth-order valence-corrected chi connectivity index (χ4v) is 4.36. The van der Waals surface area contributed by atoms with Crippen LogP contribution in [0.15, 0.2) is 6.07 Å². The van der Waals surface area contributed by atoms with Gasteiger partial charge in [-0.15, -0.1) is 0 Å². The number of benzene rings is 1. The van der Waals surface area contributed by atoms with Crippen molar-refractivity contribution in [3.63, 3.8) is 0 Å². The van der Waals surface area contributed by atoms with Crippen molar-refractivity contribution in [2.45, 2.75) is 97.4 Å². The fourth-order valence-electron chi connectivity index (χ4n) is 4.36. The Hall–Kier alpha value is -1.59. The second-order valence-electron chi connectivity index (χ2n) is 10.6. The lowest BCUT2D eigenvalue weighted by atomic mass is 9.75. The molecule has 5 nitrogen and oxygen atoms in total. The lowest BCUT2D eigenvalue weighted by Crippen LogP contribution is -2.32. The van der Waals surface area contributed by atoms with E-state index in [-0.39, 0.29) is 28.7 Å². The Morgan fingerprint density at radius 3 is 2.28 bits per heavy atom. The van der Waals surface area contributed by atoms with Gasteiger partial charge in [-0.25, -0.2) is 0 Å². The minimum absolute atomic E-state index is 0.136. The van der Waals surface area contributed by atoms with Crippen molar-refractivity contribution in [3.8, 4) is 11.5 Å². The molecule has 5 heteroatoms. The first-order valence-electron chi connectivity index (χ1n) is 10.6. The molecule has 1 aromatic rings. The molecule has 1 saturated heterocycles. The summed E-state index contributed by atoms with van der Waals surface area (Å²) in [6.45, 7) is 17.8. The highest BCUT2D eigenvalue weighted by Gasteiger charge is 2.42. The van der Waals surface area contributed by atoms with Gasteiger partial charge in [0.15, 0.2) is 6.29 Å². The Labute approximate surface area is 175 Å². The van der Waals surface area contributed by atoms with Crippen molar-refractivity contribution in [2.24, 2.45) is 0 Å². The summed E-state index contributed by atoms with van der Waals surface area (Å²) in [5.74, 6) is 1.32. The molecule has 2 heterocycles. The Kier molecular flexibility index (Phi) is 5.78. The van der Waals surface area contributed by atoms with Crippen LogP contribution in [0.1, 0.15) is 84.9 Å². The molecule has 0 N–H and O–H groups in total. The van der Waals surface area contributed by atoms with E-state index in [0.29, 0.717) is 19.0 Å². The van der Waals surface area contributed by atoms with Gasteiger partial charge in [-0.1, -0.05) is 41.5 Å². The van der Waals surface area contributed by atoms with Crippen molar-refractivity contribution in [1.82, 2.24) is 0 Å². The Morgan fingerprint density at radius 2 is 1.76 bits per heavy atom. The van der Waals surface area contributed by atoms with Gasteiger partial charge in [-0.3, -0.25) is 4.79 Å². The van der Waals surface area contributed by atoms with Gasteiger partial charge in [0.25, 0.3) is 0 Å². The number of carbonyl (C=O) groups excluding carboxylic acids is 1. The molecule has 0 radical (unpaired) electrons. The topological polar surface area (TPSA) is 54.0 Å².